The molecule has 0 bridgehead atoms. The minimum atomic E-state index is -0.0111. The molecule has 2 amide bonds. The van der Waals surface area contributed by atoms with Gasteiger partial charge in [-0.2, -0.15) is 0 Å². The summed E-state index contributed by atoms with van der Waals surface area (Å²) in [6.07, 6.45) is 7.19. The minimum Gasteiger partial charge on any atom is -0.353 e. The molecule has 1 aliphatic heterocycles. The number of amides is 2. The van der Waals surface area contributed by atoms with Gasteiger partial charge in [0.05, 0.1) is 0 Å². The van der Waals surface area contributed by atoms with Gasteiger partial charge in [0.25, 0.3) is 0 Å². The van der Waals surface area contributed by atoms with E-state index in [0.717, 1.165) is 38.5 Å². The van der Waals surface area contributed by atoms with Crippen LogP contribution in [0.25, 0.3) is 0 Å². The summed E-state index contributed by atoms with van der Waals surface area (Å²) in [5.74, 6) is 1.26. The topological polar surface area (TPSA) is 58.2 Å². The molecule has 0 aliphatic carbocycles. The fourth-order valence-corrected chi connectivity index (χ4v) is 3.60. The average Bonchev–Trinajstić information content (AvgIpc) is 2.36. The first-order valence-electron chi connectivity index (χ1n) is 9.03. The second-order valence-corrected chi connectivity index (χ2v) is 7.20. The lowest BCUT2D eigenvalue weighted by Gasteiger charge is -2.29. The van der Waals surface area contributed by atoms with Gasteiger partial charge >= 0.3 is 0 Å². The van der Waals surface area contributed by atoms with Gasteiger partial charge in [0, 0.05) is 24.9 Å². The first kappa shape index (κ1) is 19.0. The predicted molar refractivity (Wildman–Crippen MR) is 90.5 cm³/mol. The maximum atomic E-state index is 12.2. The highest BCUT2D eigenvalue weighted by atomic mass is 16.2. The Morgan fingerprint density at radius 1 is 0.864 bits per heavy atom. The minimum absolute atomic E-state index is 0.0111. The Morgan fingerprint density at radius 3 is 1.55 bits per heavy atom. The molecule has 4 unspecified atom stereocenters. The third kappa shape index (κ3) is 7.28. The third-order valence-corrected chi connectivity index (χ3v) is 4.53. The van der Waals surface area contributed by atoms with Crippen molar-refractivity contribution in [2.75, 3.05) is 0 Å². The summed E-state index contributed by atoms with van der Waals surface area (Å²) >= 11 is 0. The van der Waals surface area contributed by atoms with Crippen molar-refractivity contribution in [3.8, 4) is 0 Å². The van der Waals surface area contributed by atoms with Crippen molar-refractivity contribution in [2.45, 2.75) is 91.1 Å². The Morgan fingerprint density at radius 2 is 1.23 bits per heavy atom. The number of rotatable bonds is 8. The van der Waals surface area contributed by atoms with Gasteiger partial charge in [-0.25, -0.2) is 0 Å². The fraction of sp³-hybridized carbons (Fsp3) is 0.889. The van der Waals surface area contributed by atoms with Gasteiger partial charge in [-0.1, -0.05) is 53.4 Å². The number of hydrogen-bond acceptors (Lipinski definition) is 2. The second kappa shape index (κ2) is 9.86. The van der Waals surface area contributed by atoms with Crippen molar-refractivity contribution >= 4 is 11.8 Å². The van der Waals surface area contributed by atoms with E-state index < -0.39 is 0 Å². The molecule has 1 rings (SSSR count). The van der Waals surface area contributed by atoms with E-state index in [2.05, 4.69) is 38.3 Å². The van der Waals surface area contributed by atoms with Crippen LogP contribution in [0.15, 0.2) is 0 Å². The summed E-state index contributed by atoms with van der Waals surface area (Å²) in [7, 11) is 0. The lowest BCUT2D eigenvalue weighted by molar-refractivity contribution is -0.127. The van der Waals surface area contributed by atoms with Crippen LogP contribution in [0.3, 0.4) is 0 Å². The molecule has 4 nitrogen and oxygen atoms in total. The van der Waals surface area contributed by atoms with Crippen LogP contribution in [0.2, 0.25) is 0 Å². The number of carbonyl (C=O) groups excluding carboxylic acids is 2. The summed E-state index contributed by atoms with van der Waals surface area (Å²) in [6, 6.07) is -0.0221. The zero-order valence-corrected chi connectivity index (χ0v) is 14.8. The largest absolute Gasteiger partial charge is 0.353 e. The molecule has 0 aromatic carbocycles. The number of carbonyl (C=O) groups is 2. The van der Waals surface area contributed by atoms with Crippen LogP contribution >= 0.6 is 0 Å². The van der Waals surface area contributed by atoms with Crippen LogP contribution in [0.5, 0.6) is 0 Å². The van der Waals surface area contributed by atoms with E-state index in [4.69, 9.17) is 0 Å². The molecular weight excluding hydrogens is 276 g/mol. The molecule has 22 heavy (non-hydrogen) atoms. The van der Waals surface area contributed by atoms with Crippen molar-refractivity contribution in [1.29, 1.82) is 0 Å². The molecule has 1 aliphatic rings. The average molecular weight is 310 g/mol. The van der Waals surface area contributed by atoms with Gasteiger partial charge in [-0.05, 0) is 24.7 Å². The van der Waals surface area contributed by atoms with Gasteiger partial charge < -0.3 is 10.6 Å². The van der Waals surface area contributed by atoms with Crippen molar-refractivity contribution < 1.29 is 9.59 Å². The monoisotopic (exact) mass is 310 g/mol. The first-order valence-corrected chi connectivity index (χ1v) is 9.03. The van der Waals surface area contributed by atoms with Gasteiger partial charge in [0.2, 0.25) is 11.8 Å². The summed E-state index contributed by atoms with van der Waals surface area (Å²) < 4.78 is 0. The van der Waals surface area contributed by atoms with Crippen LogP contribution in [0.1, 0.15) is 79.1 Å². The molecule has 0 radical (unpaired) electrons. The fourth-order valence-electron chi connectivity index (χ4n) is 3.60. The second-order valence-electron chi connectivity index (χ2n) is 7.20. The smallest absolute Gasteiger partial charge is 0.222 e. The SMILES string of the molecule is CCCC(C)CC1CC(=O)NC(CC(C)CCC)CC(=O)N1. The van der Waals surface area contributed by atoms with Crippen LogP contribution in [0.4, 0.5) is 0 Å². The lowest BCUT2D eigenvalue weighted by atomic mass is 9.92. The molecule has 0 spiro atoms. The van der Waals surface area contributed by atoms with Crippen molar-refractivity contribution in [2.24, 2.45) is 11.8 Å². The van der Waals surface area contributed by atoms with E-state index in [9.17, 15) is 9.59 Å². The Balaban J connectivity index is 2.54. The lowest BCUT2D eigenvalue weighted by Crippen LogP contribution is -2.49. The molecule has 1 fully saturated rings. The van der Waals surface area contributed by atoms with Gasteiger partial charge in [0.1, 0.15) is 0 Å². The molecule has 0 aromatic heterocycles. The Labute approximate surface area is 135 Å². The Bertz CT molecular complexity index is 307. The molecule has 0 saturated carbocycles. The zero-order valence-electron chi connectivity index (χ0n) is 14.8. The van der Waals surface area contributed by atoms with Crippen molar-refractivity contribution in [3.63, 3.8) is 0 Å². The number of nitrogens with one attached hydrogen (secondary N) is 2. The van der Waals surface area contributed by atoms with Crippen LogP contribution < -0.4 is 10.6 Å². The third-order valence-electron chi connectivity index (χ3n) is 4.53. The molecule has 4 atom stereocenters. The van der Waals surface area contributed by atoms with Gasteiger partial charge in [-0.15, -0.1) is 0 Å². The standard InChI is InChI=1S/C18H34N2O2/c1-5-7-13(3)9-15-11-17(21)20-16(12-18(22)19-15)10-14(4)8-6-2/h13-16H,5-12H2,1-4H3,(H,19,22)(H,20,21). The number of hydrogen-bond donors (Lipinski definition) is 2. The van der Waals surface area contributed by atoms with E-state index in [1.54, 1.807) is 0 Å². The summed E-state index contributed by atoms with van der Waals surface area (Å²) in [4.78, 5) is 24.4. The van der Waals surface area contributed by atoms with Crippen LogP contribution in [-0.2, 0) is 9.59 Å². The van der Waals surface area contributed by atoms with Crippen molar-refractivity contribution in [1.82, 2.24) is 10.6 Å². The van der Waals surface area contributed by atoms with Crippen LogP contribution in [-0.4, -0.2) is 23.9 Å². The van der Waals surface area contributed by atoms with E-state index in [-0.39, 0.29) is 23.9 Å². The summed E-state index contributed by atoms with van der Waals surface area (Å²) in [6.45, 7) is 8.73. The highest BCUT2D eigenvalue weighted by molar-refractivity contribution is 5.83. The van der Waals surface area contributed by atoms with Gasteiger partial charge in [0.15, 0.2) is 0 Å². The van der Waals surface area contributed by atoms with Crippen molar-refractivity contribution in [3.05, 3.63) is 0 Å². The summed E-state index contributed by atoms with van der Waals surface area (Å²) in [5, 5.41) is 6.15. The summed E-state index contributed by atoms with van der Waals surface area (Å²) in [5.41, 5.74) is 0. The molecular formula is C18H34N2O2. The molecule has 0 aromatic rings. The molecule has 4 heteroatoms. The zero-order chi connectivity index (χ0) is 16.5. The molecule has 2 N–H and O–H groups in total. The van der Waals surface area contributed by atoms with E-state index in [1.807, 2.05) is 0 Å². The molecule has 1 saturated heterocycles. The maximum absolute atomic E-state index is 12.2. The first-order chi connectivity index (χ1) is 10.4. The highest BCUT2D eigenvalue weighted by Gasteiger charge is 2.26. The highest BCUT2D eigenvalue weighted by Crippen LogP contribution is 2.19. The maximum Gasteiger partial charge on any atom is 0.222 e. The van der Waals surface area contributed by atoms with E-state index in [1.165, 1.54) is 0 Å². The molecule has 128 valence electrons. The Kier molecular flexibility index (Phi) is 8.51. The van der Waals surface area contributed by atoms with Gasteiger partial charge in [-0.3, -0.25) is 9.59 Å². The van der Waals surface area contributed by atoms with Crippen LogP contribution in [0, 0.1) is 11.8 Å². The normalized spacial score (nSPS) is 25.6. The Hall–Kier alpha value is -1.06. The molecule has 1 heterocycles. The predicted octanol–water partition coefficient (Wildman–Crippen LogP) is 3.40. The van der Waals surface area contributed by atoms with E-state index in [0.29, 0.717) is 24.7 Å². The quantitative estimate of drug-likeness (QED) is 0.722. The van der Waals surface area contributed by atoms with E-state index >= 15 is 0 Å².